The zero-order chi connectivity index (χ0) is 20.8. The van der Waals surface area contributed by atoms with Crippen molar-refractivity contribution in [3.8, 4) is 23.0 Å². The van der Waals surface area contributed by atoms with Crippen LogP contribution in [0, 0.1) is 35.1 Å². The standard InChI is InChI=1S/C25H20F4/c1-2-3-4-5-17-6-10-19(11-7-17)20-15-23(27)21(24(28)16-20)12-8-18-9-13-22(26)25(29)14-18/h6-7,9-11,13-16H,2-5H2,1H3. The maximum absolute atomic E-state index is 14.5. The van der Waals surface area contributed by atoms with Gasteiger partial charge in [0.1, 0.15) is 11.6 Å². The molecular formula is C25H20F4. The Hall–Kier alpha value is -3.06. The molecule has 3 aromatic rings. The predicted octanol–water partition coefficient (Wildman–Crippen LogP) is 7.04. The van der Waals surface area contributed by atoms with Crippen LogP contribution < -0.4 is 0 Å². The monoisotopic (exact) mass is 396 g/mol. The van der Waals surface area contributed by atoms with Gasteiger partial charge in [-0.2, -0.15) is 0 Å². The number of halogens is 4. The molecular weight excluding hydrogens is 376 g/mol. The summed E-state index contributed by atoms with van der Waals surface area (Å²) in [5.74, 6) is 1.16. The van der Waals surface area contributed by atoms with Gasteiger partial charge < -0.3 is 0 Å². The van der Waals surface area contributed by atoms with Crippen molar-refractivity contribution in [2.45, 2.75) is 32.6 Å². The van der Waals surface area contributed by atoms with E-state index in [1.54, 1.807) is 0 Å². The van der Waals surface area contributed by atoms with Crippen molar-refractivity contribution in [3.05, 3.63) is 94.6 Å². The highest BCUT2D eigenvalue weighted by Crippen LogP contribution is 2.25. The lowest BCUT2D eigenvalue weighted by Crippen LogP contribution is -1.93. The van der Waals surface area contributed by atoms with Crippen LogP contribution in [-0.2, 0) is 6.42 Å². The number of rotatable bonds is 5. The molecule has 0 saturated heterocycles. The first-order valence-corrected chi connectivity index (χ1v) is 9.53. The van der Waals surface area contributed by atoms with Crippen molar-refractivity contribution in [1.29, 1.82) is 0 Å². The summed E-state index contributed by atoms with van der Waals surface area (Å²) < 4.78 is 55.1. The maximum Gasteiger partial charge on any atom is 0.160 e. The van der Waals surface area contributed by atoms with Crippen molar-refractivity contribution in [2.75, 3.05) is 0 Å². The molecule has 0 amide bonds. The summed E-state index contributed by atoms with van der Waals surface area (Å²) in [6, 6.07) is 13.1. The first-order valence-electron chi connectivity index (χ1n) is 9.53. The van der Waals surface area contributed by atoms with Crippen LogP contribution in [0.2, 0.25) is 0 Å². The fourth-order valence-electron chi connectivity index (χ4n) is 3.01. The van der Waals surface area contributed by atoms with Crippen LogP contribution in [-0.4, -0.2) is 0 Å². The molecule has 0 nitrogen and oxygen atoms in total. The van der Waals surface area contributed by atoms with Gasteiger partial charge in [0, 0.05) is 5.56 Å². The van der Waals surface area contributed by atoms with E-state index in [2.05, 4.69) is 18.8 Å². The van der Waals surface area contributed by atoms with Crippen molar-refractivity contribution in [1.82, 2.24) is 0 Å². The van der Waals surface area contributed by atoms with Crippen LogP contribution in [0.4, 0.5) is 17.6 Å². The Kier molecular flexibility index (Phi) is 6.72. The Morgan fingerprint density at radius 2 is 1.34 bits per heavy atom. The molecule has 0 aliphatic carbocycles. The van der Waals surface area contributed by atoms with Gasteiger partial charge in [-0.25, -0.2) is 17.6 Å². The Morgan fingerprint density at radius 1 is 0.655 bits per heavy atom. The Bertz CT molecular complexity index is 1030. The summed E-state index contributed by atoms with van der Waals surface area (Å²) in [7, 11) is 0. The third-order valence-electron chi connectivity index (χ3n) is 4.65. The Labute approximate surface area is 168 Å². The molecule has 0 saturated carbocycles. The highest BCUT2D eigenvalue weighted by molar-refractivity contribution is 5.65. The minimum atomic E-state index is -1.06. The van der Waals surface area contributed by atoms with E-state index in [9.17, 15) is 17.6 Å². The molecule has 0 heterocycles. The highest BCUT2D eigenvalue weighted by Gasteiger charge is 2.11. The van der Waals surface area contributed by atoms with Crippen LogP contribution in [0.25, 0.3) is 11.1 Å². The zero-order valence-electron chi connectivity index (χ0n) is 16.0. The smallest absolute Gasteiger partial charge is 0.160 e. The van der Waals surface area contributed by atoms with Crippen LogP contribution in [0.1, 0.15) is 42.9 Å². The molecule has 3 aromatic carbocycles. The average molecular weight is 396 g/mol. The van der Waals surface area contributed by atoms with E-state index in [0.29, 0.717) is 11.1 Å². The molecule has 0 atom stereocenters. The van der Waals surface area contributed by atoms with Crippen molar-refractivity contribution in [2.24, 2.45) is 0 Å². The number of aryl methyl sites for hydroxylation is 1. The first-order chi connectivity index (χ1) is 14.0. The lowest BCUT2D eigenvalue weighted by atomic mass is 10.00. The number of hydrogen-bond acceptors (Lipinski definition) is 0. The maximum atomic E-state index is 14.5. The zero-order valence-corrected chi connectivity index (χ0v) is 16.0. The molecule has 29 heavy (non-hydrogen) atoms. The van der Waals surface area contributed by atoms with Gasteiger partial charge in [-0.3, -0.25) is 0 Å². The third-order valence-corrected chi connectivity index (χ3v) is 4.65. The van der Waals surface area contributed by atoms with Gasteiger partial charge >= 0.3 is 0 Å². The molecule has 4 heteroatoms. The molecule has 0 spiro atoms. The fourth-order valence-corrected chi connectivity index (χ4v) is 3.01. The number of hydrogen-bond donors (Lipinski definition) is 0. The normalized spacial score (nSPS) is 10.5. The summed E-state index contributed by atoms with van der Waals surface area (Å²) in [4.78, 5) is 0. The van der Waals surface area contributed by atoms with Crippen LogP contribution in [0.15, 0.2) is 54.6 Å². The lowest BCUT2D eigenvalue weighted by Gasteiger charge is -2.07. The Morgan fingerprint density at radius 3 is 1.97 bits per heavy atom. The fraction of sp³-hybridized carbons (Fsp3) is 0.200. The van der Waals surface area contributed by atoms with E-state index < -0.39 is 28.8 Å². The van der Waals surface area contributed by atoms with Gasteiger partial charge in [0.05, 0.1) is 5.56 Å². The van der Waals surface area contributed by atoms with E-state index in [0.717, 1.165) is 31.4 Å². The van der Waals surface area contributed by atoms with Crippen molar-refractivity contribution in [3.63, 3.8) is 0 Å². The second kappa shape index (κ2) is 9.43. The van der Waals surface area contributed by atoms with E-state index in [1.807, 2.05) is 24.3 Å². The molecule has 148 valence electrons. The molecule has 0 bridgehead atoms. The van der Waals surface area contributed by atoms with Crippen LogP contribution in [0.3, 0.4) is 0 Å². The summed E-state index contributed by atoms with van der Waals surface area (Å²) in [5, 5.41) is 0. The molecule has 0 unspecified atom stereocenters. The minimum absolute atomic E-state index is 0.130. The quantitative estimate of drug-likeness (QED) is 0.246. The first kappa shape index (κ1) is 20.7. The van der Waals surface area contributed by atoms with E-state index in [-0.39, 0.29) is 5.56 Å². The van der Waals surface area contributed by atoms with E-state index >= 15 is 0 Å². The van der Waals surface area contributed by atoms with Crippen LogP contribution >= 0.6 is 0 Å². The average Bonchev–Trinajstić information content (AvgIpc) is 2.70. The second-order valence-electron chi connectivity index (χ2n) is 6.85. The minimum Gasteiger partial charge on any atom is -0.205 e. The molecule has 3 rings (SSSR count). The summed E-state index contributed by atoms with van der Waals surface area (Å²) >= 11 is 0. The molecule has 0 N–H and O–H groups in total. The Balaban J connectivity index is 1.82. The molecule has 0 aliphatic heterocycles. The van der Waals surface area contributed by atoms with Gasteiger partial charge in [-0.05, 0) is 59.9 Å². The van der Waals surface area contributed by atoms with Gasteiger partial charge in [-0.15, -0.1) is 0 Å². The number of unbranched alkanes of at least 4 members (excludes halogenated alkanes) is 2. The summed E-state index contributed by atoms with van der Waals surface area (Å²) in [5.41, 5.74) is 2.04. The lowest BCUT2D eigenvalue weighted by molar-refractivity contribution is 0.508. The van der Waals surface area contributed by atoms with Crippen LogP contribution in [0.5, 0.6) is 0 Å². The second-order valence-corrected chi connectivity index (χ2v) is 6.85. The highest BCUT2D eigenvalue weighted by atomic mass is 19.2. The van der Waals surface area contributed by atoms with E-state index in [1.165, 1.54) is 30.2 Å². The molecule has 0 fully saturated rings. The van der Waals surface area contributed by atoms with Gasteiger partial charge in [0.2, 0.25) is 0 Å². The number of benzene rings is 3. The molecule has 0 aliphatic rings. The van der Waals surface area contributed by atoms with Gasteiger partial charge in [0.15, 0.2) is 11.6 Å². The SMILES string of the molecule is CCCCCc1ccc(-c2cc(F)c(C#Cc3ccc(F)c(F)c3)c(F)c2)cc1. The molecule has 0 aromatic heterocycles. The molecule has 0 radical (unpaired) electrons. The van der Waals surface area contributed by atoms with Gasteiger partial charge in [0.25, 0.3) is 0 Å². The van der Waals surface area contributed by atoms with E-state index in [4.69, 9.17) is 0 Å². The summed E-state index contributed by atoms with van der Waals surface area (Å²) in [6.45, 7) is 2.15. The topological polar surface area (TPSA) is 0 Å². The largest absolute Gasteiger partial charge is 0.205 e. The third kappa shape index (κ3) is 5.26. The van der Waals surface area contributed by atoms with Gasteiger partial charge in [-0.1, -0.05) is 55.9 Å². The van der Waals surface area contributed by atoms with Crippen molar-refractivity contribution >= 4 is 0 Å². The van der Waals surface area contributed by atoms with Crippen molar-refractivity contribution < 1.29 is 17.6 Å². The summed E-state index contributed by atoms with van der Waals surface area (Å²) in [6.07, 6.45) is 4.42. The predicted molar refractivity (Wildman–Crippen MR) is 107 cm³/mol.